The first-order valence-corrected chi connectivity index (χ1v) is 7.01. The molecule has 1 heteroatoms. The highest BCUT2D eigenvalue weighted by Crippen LogP contribution is 2.35. The van der Waals surface area contributed by atoms with Crippen molar-refractivity contribution in [1.29, 1.82) is 0 Å². The minimum atomic E-state index is 0.420. The van der Waals surface area contributed by atoms with Gasteiger partial charge in [0.1, 0.15) is 0 Å². The van der Waals surface area contributed by atoms with Gasteiger partial charge in [0.15, 0.2) is 0 Å². The zero-order chi connectivity index (χ0) is 11.0. The maximum absolute atomic E-state index is 5.03. The van der Waals surface area contributed by atoms with Crippen LogP contribution in [-0.4, -0.2) is 12.1 Å². The molecule has 89 valence electrons. The maximum atomic E-state index is 5.03. The average molecular weight is 210 g/mol. The summed E-state index contributed by atoms with van der Waals surface area (Å²) in [6.45, 7) is 5.68. The van der Waals surface area contributed by atoms with Crippen molar-refractivity contribution in [1.82, 2.24) is 5.32 Å². The van der Waals surface area contributed by atoms with Gasteiger partial charge >= 0.3 is 0 Å². The van der Waals surface area contributed by atoms with E-state index in [1.807, 2.05) is 0 Å². The Kier molecular flexibility index (Phi) is 6.31. The van der Waals surface area contributed by atoms with Crippen LogP contribution < -0.4 is 5.32 Å². The smallest absolute Gasteiger partial charge is 0.0356 e. The molecule has 0 aromatic carbocycles. The summed E-state index contributed by atoms with van der Waals surface area (Å²) < 4.78 is 0. The van der Waals surface area contributed by atoms with Crippen LogP contribution in [-0.2, 0) is 0 Å². The minimum absolute atomic E-state index is 0.420. The molecule has 0 unspecified atom stereocenters. The predicted octanol–water partition coefficient (Wildman–Crippen LogP) is 4.28. The van der Waals surface area contributed by atoms with Gasteiger partial charge in [0.05, 0.1) is 0 Å². The van der Waals surface area contributed by atoms with Crippen molar-refractivity contribution in [2.24, 2.45) is 0 Å². The van der Waals surface area contributed by atoms with Crippen LogP contribution in [0.15, 0.2) is 0 Å². The fraction of sp³-hybridized carbons (Fsp3) is 1.00. The molecule has 0 atom stereocenters. The Morgan fingerprint density at radius 3 is 2.20 bits per heavy atom. The SMILES string of the molecule is CCCCC[N]C1(CCCC)CCCC1. The highest BCUT2D eigenvalue weighted by molar-refractivity contribution is 4.91. The average Bonchev–Trinajstić information content (AvgIpc) is 2.71. The summed E-state index contributed by atoms with van der Waals surface area (Å²) in [7, 11) is 0. The Hall–Kier alpha value is -0.0400. The number of hydrogen-bond acceptors (Lipinski definition) is 0. The number of hydrogen-bond donors (Lipinski definition) is 0. The number of unbranched alkanes of at least 4 members (excludes halogenated alkanes) is 3. The predicted molar refractivity (Wildman–Crippen MR) is 67.3 cm³/mol. The molecule has 1 aliphatic carbocycles. The Labute approximate surface area is 96.0 Å². The van der Waals surface area contributed by atoms with Gasteiger partial charge in [-0.05, 0) is 25.7 Å². The lowest BCUT2D eigenvalue weighted by Gasteiger charge is -2.28. The van der Waals surface area contributed by atoms with Crippen molar-refractivity contribution in [3.8, 4) is 0 Å². The van der Waals surface area contributed by atoms with Crippen LogP contribution in [0.3, 0.4) is 0 Å². The van der Waals surface area contributed by atoms with Gasteiger partial charge in [0.2, 0.25) is 0 Å². The van der Waals surface area contributed by atoms with E-state index in [0.29, 0.717) is 5.54 Å². The van der Waals surface area contributed by atoms with Gasteiger partial charge < -0.3 is 0 Å². The van der Waals surface area contributed by atoms with Crippen molar-refractivity contribution in [2.75, 3.05) is 6.54 Å². The summed E-state index contributed by atoms with van der Waals surface area (Å²) >= 11 is 0. The van der Waals surface area contributed by atoms with Crippen LogP contribution in [0.2, 0.25) is 0 Å². The molecule has 0 spiro atoms. The third kappa shape index (κ3) is 4.55. The van der Waals surface area contributed by atoms with Crippen molar-refractivity contribution < 1.29 is 0 Å². The standard InChI is InChI=1S/C14H28N/c1-3-5-9-13-15-14(10-6-4-2)11-7-8-12-14/h3-13H2,1-2H3. The van der Waals surface area contributed by atoms with Gasteiger partial charge in [0, 0.05) is 12.1 Å². The summed E-state index contributed by atoms with van der Waals surface area (Å²) in [6.07, 6.45) is 13.6. The lowest BCUT2D eigenvalue weighted by atomic mass is 9.90. The molecule has 0 amide bonds. The fourth-order valence-electron chi connectivity index (χ4n) is 2.70. The Morgan fingerprint density at radius 2 is 1.60 bits per heavy atom. The summed E-state index contributed by atoms with van der Waals surface area (Å²) in [6, 6.07) is 0. The van der Waals surface area contributed by atoms with E-state index in [1.165, 1.54) is 64.2 Å². The van der Waals surface area contributed by atoms with Crippen LogP contribution in [0.5, 0.6) is 0 Å². The largest absolute Gasteiger partial charge is 0.235 e. The second-order valence-electron chi connectivity index (χ2n) is 5.12. The van der Waals surface area contributed by atoms with E-state index < -0.39 is 0 Å². The van der Waals surface area contributed by atoms with Crippen LogP contribution in [0.1, 0.15) is 78.1 Å². The summed E-state index contributed by atoms with van der Waals surface area (Å²) in [5.41, 5.74) is 0.420. The third-order valence-electron chi connectivity index (χ3n) is 3.74. The normalized spacial score (nSPS) is 19.6. The molecular weight excluding hydrogens is 182 g/mol. The monoisotopic (exact) mass is 210 g/mol. The van der Waals surface area contributed by atoms with Gasteiger partial charge in [-0.2, -0.15) is 0 Å². The van der Waals surface area contributed by atoms with E-state index in [1.54, 1.807) is 0 Å². The molecule has 0 heterocycles. The van der Waals surface area contributed by atoms with Gasteiger partial charge in [-0.15, -0.1) is 0 Å². The topological polar surface area (TPSA) is 14.1 Å². The van der Waals surface area contributed by atoms with E-state index in [-0.39, 0.29) is 0 Å². The number of rotatable bonds is 8. The molecule has 0 aromatic rings. The van der Waals surface area contributed by atoms with Gasteiger partial charge in [-0.1, -0.05) is 52.4 Å². The lowest BCUT2D eigenvalue weighted by molar-refractivity contribution is 0.291. The van der Waals surface area contributed by atoms with Crippen LogP contribution in [0, 0.1) is 0 Å². The zero-order valence-corrected chi connectivity index (χ0v) is 10.7. The van der Waals surface area contributed by atoms with Crippen molar-refractivity contribution in [3.63, 3.8) is 0 Å². The molecule has 0 bridgehead atoms. The van der Waals surface area contributed by atoms with Gasteiger partial charge in [-0.25, -0.2) is 5.32 Å². The molecule has 1 saturated carbocycles. The molecular formula is C14H28N. The third-order valence-corrected chi connectivity index (χ3v) is 3.74. The molecule has 0 aromatic heterocycles. The van der Waals surface area contributed by atoms with Gasteiger partial charge in [-0.3, -0.25) is 0 Å². The molecule has 15 heavy (non-hydrogen) atoms. The Morgan fingerprint density at radius 1 is 0.933 bits per heavy atom. The van der Waals surface area contributed by atoms with Crippen molar-refractivity contribution in [2.45, 2.75) is 83.6 Å². The summed E-state index contributed by atoms with van der Waals surface area (Å²) in [5.74, 6) is 0. The molecule has 1 fully saturated rings. The zero-order valence-electron chi connectivity index (χ0n) is 10.7. The molecule has 0 saturated heterocycles. The van der Waals surface area contributed by atoms with E-state index in [0.717, 1.165) is 6.54 Å². The molecule has 1 rings (SSSR count). The molecule has 1 nitrogen and oxygen atoms in total. The van der Waals surface area contributed by atoms with Crippen molar-refractivity contribution >= 4 is 0 Å². The molecule has 0 N–H and O–H groups in total. The summed E-state index contributed by atoms with van der Waals surface area (Å²) in [4.78, 5) is 0. The highest BCUT2D eigenvalue weighted by Gasteiger charge is 2.33. The summed E-state index contributed by atoms with van der Waals surface area (Å²) in [5, 5.41) is 5.03. The number of nitrogens with zero attached hydrogens (tertiary/aromatic N) is 1. The Balaban J connectivity index is 2.23. The van der Waals surface area contributed by atoms with Crippen LogP contribution in [0.4, 0.5) is 0 Å². The van der Waals surface area contributed by atoms with Crippen LogP contribution in [0.25, 0.3) is 0 Å². The minimum Gasteiger partial charge on any atom is -0.235 e. The molecule has 1 aliphatic rings. The second kappa shape index (κ2) is 7.27. The first-order chi connectivity index (χ1) is 7.33. The lowest BCUT2D eigenvalue weighted by Crippen LogP contribution is -2.37. The fourth-order valence-corrected chi connectivity index (χ4v) is 2.70. The van der Waals surface area contributed by atoms with Crippen molar-refractivity contribution in [3.05, 3.63) is 0 Å². The van der Waals surface area contributed by atoms with E-state index in [9.17, 15) is 0 Å². The highest BCUT2D eigenvalue weighted by atomic mass is 15.0. The second-order valence-corrected chi connectivity index (χ2v) is 5.12. The van der Waals surface area contributed by atoms with E-state index in [4.69, 9.17) is 5.32 Å². The molecule has 0 aliphatic heterocycles. The van der Waals surface area contributed by atoms with Crippen LogP contribution >= 0.6 is 0 Å². The molecule has 1 radical (unpaired) electrons. The first kappa shape index (κ1) is 13.0. The quantitative estimate of drug-likeness (QED) is 0.531. The first-order valence-electron chi connectivity index (χ1n) is 7.01. The maximum Gasteiger partial charge on any atom is 0.0356 e. The van der Waals surface area contributed by atoms with E-state index in [2.05, 4.69) is 13.8 Å². The van der Waals surface area contributed by atoms with E-state index >= 15 is 0 Å². The van der Waals surface area contributed by atoms with Gasteiger partial charge in [0.25, 0.3) is 0 Å². The Bertz CT molecular complexity index is 147.